The minimum atomic E-state index is -0.627. The van der Waals surface area contributed by atoms with Crippen LogP contribution in [0.1, 0.15) is 15.9 Å². The standard InChI is InChI=1S/C16H13N3O3/c17-9-11-4-3-5-12(8-11)19-15(20)10-22-14-7-2-1-6-13(14)16(18)21/h1-8H,10H2,(H2,18,21)(H,19,20). The fraction of sp³-hybridized carbons (Fsp3) is 0.0625. The molecule has 0 unspecified atom stereocenters. The second kappa shape index (κ2) is 6.90. The number of ether oxygens (including phenoxy) is 1. The number of carbonyl (C=O) groups is 2. The maximum absolute atomic E-state index is 11.8. The van der Waals surface area contributed by atoms with Crippen molar-refractivity contribution in [3.63, 3.8) is 0 Å². The van der Waals surface area contributed by atoms with Crippen molar-refractivity contribution in [1.82, 2.24) is 0 Å². The molecule has 0 spiro atoms. The fourth-order valence-electron chi connectivity index (χ4n) is 1.80. The number of rotatable bonds is 5. The normalized spacial score (nSPS) is 9.59. The van der Waals surface area contributed by atoms with Crippen LogP contribution < -0.4 is 15.8 Å². The quantitative estimate of drug-likeness (QED) is 0.875. The van der Waals surface area contributed by atoms with Crippen LogP contribution >= 0.6 is 0 Å². The lowest BCUT2D eigenvalue weighted by Crippen LogP contribution is -2.21. The van der Waals surface area contributed by atoms with E-state index in [9.17, 15) is 9.59 Å². The van der Waals surface area contributed by atoms with E-state index in [-0.39, 0.29) is 17.9 Å². The molecule has 0 heterocycles. The van der Waals surface area contributed by atoms with Gasteiger partial charge in [0.1, 0.15) is 5.75 Å². The third-order valence-electron chi connectivity index (χ3n) is 2.79. The lowest BCUT2D eigenvalue weighted by Gasteiger charge is -2.10. The molecule has 110 valence electrons. The van der Waals surface area contributed by atoms with Crippen molar-refractivity contribution in [2.45, 2.75) is 0 Å². The molecule has 3 N–H and O–H groups in total. The van der Waals surface area contributed by atoms with Gasteiger partial charge in [0.25, 0.3) is 11.8 Å². The molecule has 2 amide bonds. The van der Waals surface area contributed by atoms with Crippen LogP contribution in [0.15, 0.2) is 48.5 Å². The number of nitrogens with two attached hydrogens (primary N) is 1. The number of primary amides is 1. The van der Waals surface area contributed by atoms with Gasteiger partial charge in [0.15, 0.2) is 6.61 Å². The number of nitrogens with one attached hydrogen (secondary N) is 1. The largest absolute Gasteiger partial charge is 0.483 e. The van der Waals surface area contributed by atoms with E-state index in [2.05, 4.69) is 5.32 Å². The van der Waals surface area contributed by atoms with E-state index in [1.54, 1.807) is 42.5 Å². The average Bonchev–Trinajstić information content (AvgIpc) is 2.53. The summed E-state index contributed by atoms with van der Waals surface area (Å²) in [5.41, 5.74) is 6.37. The summed E-state index contributed by atoms with van der Waals surface area (Å²) in [6.07, 6.45) is 0. The third-order valence-corrected chi connectivity index (χ3v) is 2.79. The average molecular weight is 295 g/mol. The van der Waals surface area contributed by atoms with E-state index in [4.69, 9.17) is 15.7 Å². The molecule has 2 aromatic rings. The zero-order chi connectivity index (χ0) is 15.9. The summed E-state index contributed by atoms with van der Waals surface area (Å²) in [6.45, 7) is -0.277. The number of para-hydroxylation sites is 1. The van der Waals surface area contributed by atoms with E-state index >= 15 is 0 Å². The van der Waals surface area contributed by atoms with Crippen molar-refractivity contribution in [2.24, 2.45) is 5.73 Å². The van der Waals surface area contributed by atoms with Crippen molar-refractivity contribution in [3.8, 4) is 11.8 Å². The Bertz CT molecular complexity index is 750. The molecule has 0 radical (unpaired) electrons. The summed E-state index contributed by atoms with van der Waals surface area (Å²) in [5.74, 6) is -0.789. The molecule has 6 heteroatoms. The number of anilines is 1. The van der Waals surface area contributed by atoms with Crippen molar-refractivity contribution in [1.29, 1.82) is 5.26 Å². The van der Waals surface area contributed by atoms with Gasteiger partial charge in [-0.15, -0.1) is 0 Å². The van der Waals surface area contributed by atoms with Crippen molar-refractivity contribution >= 4 is 17.5 Å². The Labute approximate surface area is 127 Å². The number of hydrogen-bond acceptors (Lipinski definition) is 4. The molecule has 0 fully saturated rings. The van der Waals surface area contributed by atoms with Gasteiger partial charge in [0.05, 0.1) is 17.2 Å². The van der Waals surface area contributed by atoms with E-state index in [0.717, 1.165) is 0 Å². The van der Waals surface area contributed by atoms with Crippen LogP contribution in [-0.2, 0) is 4.79 Å². The monoisotopic (exact) mass is 295 g/mol. The van der Waals surface area contributed by atoms with Gasteiger partial charge in [-0.25, -0.2) is 0 Å². The third kappa shape index (κ3) is 3.84. The van der Waals surface area contributed by atoms with Gasteiger partial charge >= 0.3 is 0 Å². The number of carbonyl (C=O) groups excluding carboxylic acids is 2. The van der Waals surface area contributed by atoms with Gasteiger partial charge < -0.3 is 15.8 Å². The van der Waals surface area contributed by atoms with Crippen LogP contribution in [0, 0.1) is 11.3 Å². The first-order chi connectivity index (χ1) is 10.6. The number of nitrogens with zero attached hydrogens (tertiary/aromatic N) is 1. The van der Waals surface area contributed by atoms with Crippen LogP contribution in [0.3, 0.4) is 0 Å². The Morgan fingerprint density at radius 1 is 1.18 bits per heavy atom. The molecule has 2 aromatic carbocycles. The molecule has 0 aromatic heterocycles. The van der Waals surface area contributed by atoms with Gasteiger partial charge in [-0.3, -0.25) is 9.59 Å². The topological polar surface area (TPSA) is 105 Å². The molecule has 0 atom stereocenters. The van der Waals surface area contributed by atoms with E-state index in [0.29, 0.717) is 11.3 Å². The van der Waals surface area contributed by atoms with Crippen molar-refractivity contribution in [2.75, 3.05) is 11.9 Å². The Morgan fingerprint density at radius 2 is 1.95 bits per heavy atom. The zero-order valence-electron chi connectivity index (χ0n) is 11.6. The zero-order valence-corrected chi connectivity index (χ0v) is 11.6. The molecule has 0 bridgehead atoms. The number of hydrogen-bond donors (Lipinski definition) is 2. The van der Waals surface area contributed by atoms with Crippen molar-refractivity contribution in [3.05, 3.63) is 59.7 Å². The molecular formula is C16H13N3O3. The summed E-state index contributed by atoms with van der Waals surface area (Å²) in [5, 5.41) is 11.4. The molecule has 22 heavy (non-hydrogen) atoms. The molecule has 0 saturated heterocycles. The van der Waals surface area contributed by atoms with Gasteiger partial charge in [-0.05, 0) is 30.3 Å². The minimum absolute atomic E-state index is 0.210. The SMILES string of the molecule is N#Cc1cccc(NC(=O)COc2ccccc2C(N)=O)c1. The Kier molecular flexibility index (Phi) is 4.73. The number of nitriles is 1. The first kappa shape index (κ1) is 15.1. The summed E-state index contributed by atoms with van der Waals surface area (Å²) < 4.78 is 5.31. The van der Waals surface area contributed by atoms with Crippen LogP contribution in [0.25, 0.3) is 0 Å². The highest BCUT2D eigenvalue weighted by Crippen LogP contribution is 2.17. The van der Waals surface area contributed by atoms with Gasteiger partial charge in [0.2, 0.25) is 0 Å². The summed E-state index contributed by atoms with van der Waals surface area (Å²) in [7, 11) is 0. The maximum atomic E-state index is 11.8. The Morgan fingerprint density at radius 3 is 2.68 bits per heavy atom. The predicted octanol–water partition coefficient (Wildman–Crippen LogP) is 1.67. The molecule has 0 saturated carbocycles. The molecule has 0 aliphatic rings. The van der Waals surface area contributed by atoms with Crippen LogP contribution in [0.5, 0.6) is 5.75 Å². The number of amides is 2. The minimum Gasteiger partial charge on any atom is -0.483 e. The highest BCUT2D eigenvalue weighted by Gasteiger charge is 2.10. The van der Waals surface area contributed by atoms with Crippen LogP contribution in [-0.4, -0.2) is 18.4 Å². The van der Waals surface area contributed by atoms with Gasteiger partial charge in [-0.2, -0.15) is 5.26 Å². The Balaban J connectivity index is 1.99. The van der Waals surface area contributed by atoms with Gasteiger partial charge in [0, 0.05) is 5.69 Å². The van der Waals surface area contributed by atoms with Gasteiger partial charge in [-0.1, -0.05) is 18.2 Å². The maximum Gasteiger partial charge on any atom is 0.262 e. The predicted molar refractivity (Wildman–Crippen MR) is 80.2 cm³/mol. The molecular weight excluding hydrogens is 282 g/mol. The van der Waals surface area contributed by atoms with E-state index in [1.807, 2.05) is 6.07 Å². The fourth-order valence-corrected chi connectivity index (χ4v) is 1.80. The molecule has 6 nitrogen and oxygen atoms in total. The summed E-state index contributed by atoms with van der Waals surface area (Å²) in [6, 6.07) is 14.9. The van der Waals surface area contributed by atoms with E-state index in [1.165, 1.54) is 6.07 Å². The molecule has 0 aliphatic carbocycles. The lowest BCUT2D eigenvalue weighted by molar-refractivity contribution is -0.118. The highest BCUT2D eigenvalue weighted by atomic mass is 16.5. The van der Waals surface area contributed by atoms with Crippen LogP contribution in [0.2, 0.25) is 0 Å². The van der Waals surface area contributed by atoms with E-state index < -0.39 is 11.8 Å². The second-order valence-electron chi connectivity index (χ2n) is 4.39. The number of benzene rings is 2. The lowest BCUT2D eigenvalue weighted by atomic mass is 10.2. The first-order valence-electron chi connectivity index (χ1n) is 6.42. The van der Waals surface area contributed by atoms with Crippen molar-refractivity contribution < 1.29 is 14.3 Å². The Hall–Kier alpha value is -3.33. The summed E-state index contributed by atoms with van der Waals surface area (Å²) >= 11 is 0. The summed E-state index contributed by atoms with van der Waals surface area (Å²) in [4.78, 5) is 23.1. The second-order valence-corrected chi connectivity index (χ2v) is 4.39. The first-order valence-corrected chi connectivity index (χ1v) is 6.42. The highest BCUT2D eigenvalue weighted by molar-refractivity contribution is 5.96. The molecule has 2 rings (SSSR count). The van der Waals surface area contributed by atoms with Crippen LogP contribution in [0.4, 0.5) is 5.69 Å². The smallest absolute Gasteiger partial charge is 0.262 e. The molecule has 0 aliphatic heterocycles.